The van der Waals surface area contributed by atoms with Crippen molar-refractivity contribution in [2.45, 2.75) is 19.3 Å². The largest absolute Gasteiger partial charge is 0.207 e. The monoisotopic (exact) mass is 227 g/mol. The molecule has 1 unspecified atom stereocenters. The molecule has 0 bridgehead atoms. The molecule has 0 saturated heterocycles. The second-order valence-corrected chi connectivity index (χ2v) is 4.17. The Kier molecular flexibility index (Phi) is 4.57. The van der Waals surface area contributed by atoms with Crippen molar-refractivity contribution in [3.63, 3.8) is 0 Å². The average Bonchev–Trinajstić information content (AvgIpc) is 2.22. The van der Waals surface area contributed by atoms with Crippen LogP contribution in [0.3, 0.4) is 0 Å². The van der Waals surface area contributed by atoms with E-state index in [-0.39, 0.29) is 11.7 Å². The van der Waals surface area contributed by atoms with Crippen LogP contribution in [0.2, 0.25) is 0 Å². The second kappa shape index (κ2) is 5.72. The lowest BCUT2D eigenvalue weighted by Gasteiger charge is -2.11. The Morgan fingerprint density at radius 2 is 2.20 bits per heavy atom. The van der Waals surface area contributed by atoms with Crippen molar-refractivity contribution in [2.24, 2.45) is 0 Å². The quantitative estimate of drug-likeness (QED) is 0.578. The van der Waals surface area contributed by atoms with E-state index in [2.05, 4.69) is 0 Å². The lowest BCUT2D eigenvalue weighted by molar-refractivity contribution is 0.565. The average molecular weight is 227 g/mol. The highest BCUT2D eigenvalue weighted by Crippen LogP contribution is 2.24. The zero-order chi connectivity index (χ0) is 11.3. The molecule has 0 heterocycles. The number of thiocyanates is 1. The number of halogens is 2. The Labute approximate surface area is 92.1 Å². The third kappa shape index (κ3) is 3.52. The zero-order valence-corrected chi connectivity index (χ0v) is 9.15. The van der Waals surface area contributed by atoms with Gasteiger partial charge >= 0.3 is 0 Å². The van der Waals surface area contributed by atoms with Crippen LogP contribution in [0.4, 0.5) is 8.78 Å². The van der Waals surface area contributed by atoms with E-state index in [1.807, 2.05) is 12.3 Å². The highest BCUT2D eigenvalue weighted by molar-refractivity contribution is 8.03. The molecule has 0 fully saturated rings. The summed E-state index contributed by atoms with van der Waals surface area (Å²) in [5.74, 6) is -0.244. The fourth-order valence-electron chi connectivity index (χ4n) is 1.33. The molecule has 0 amide bonds. The summed E-state index contributed by atoms with van der Waals surface area (Å²) in [6.45, 7) is 1.83. The molecular formula is C11H11F2NS. The Morgan fingerprint density at radius 1 is 1.47 bits per heavy atom. The van der Waals surface area contributed by atoms with Crippen LogP contribution in [0.15, 0.2) is 18.2 Å². The third-order valence-electron chi connectivity index (χ3n) is 2.21. The fourth-order valence-corrected chi connectivity index (χ4v) is 1.89. The zero-order valence-electron chi connectivity index (χ0n) is 8.34. The van der Waals surface area contributed by atoms with E-state index >= 15 is 0 Å². The summed E-state index contributed by atoms with van der Waals surface area (Å²) < 4.78 is 26.2. The normalized spacial score (nSPS) is 12.1. The fraction of sp³-hybridized carbons (Fsp3) is 0.364. The molecule has 0 aromatic heterocycles. The lowest BCUT2D eigenvalue weighted by atomic mass is 9.98. The van der Waals surface area contributed by atoms with Crippen molar-refractivity contribution >= 4 is 11.8 Å². The maximum atomic E-state index is 13.3. The van der Waals surface area contributed by atoms with Gasteiger partial charge in [-0.25, -0.2) is 8.78 Å². The first kappa shape index (κ1) is 12.0. The smallest absolute Gasteiger partial charge is 0.133 e. The van der Waals surface area contributed by atoms with Crippen LogP contribution in [-0.4, -0.2) is 5.75 Å². The molecule has 1 aromatic carbocycles. The van der Waals surface area contributed by atoms with Gasteiger partial charge in [0.1, 0.15) is 17.0 Å². The Hall–Kier alpha value is -1.08. The van der Waals surface area contributed by atoms with Gasteiger partial charge in [-0.15, -0.1) is 0 Å². The molecule has 0 spiro atoms. The van der Waals surface area contributed by atoms with E-state index in [9.17, 15) is 8.78 Å². The molecule has 4 heteroatoms. The minimum Gasteiger partial charge on any atom is -0.207 e. The number of rotatable bonds is 4. The number of benzene rings is 1. The van der Waals surface area contributed by atoms with Crippen molar-refractivity contribution in [3.05, 3.63) is 35.4 Å². The highest BCUT2D eigenvalue weighted by Gasteiger charge is 2.11. The van der Waals surface area contributed by atoms with E-state index in [4.69, 9.17) is 5.26 Å². The van der Waals surface area contributed by atoms with E-state index in [0.717, 1.165) is 23.9 Å². The molecular weight excluding hydrogens is 216 g/mol. The standard InChI is InChI=1S/C11H11F2NS/c1-8(4-5-15-7-14)10-6-9(12)2-3-11(10)13/h2-3,6,8H,4-5H2,1H3. The molecule has 0 aliphatic rings. The van der Waals surface area contributed by atoms with Crippen molar-refractivity contribution in [1.82, 2.24) is 0 Å². The van der Waals surface area contributed by atoms with E-state index < -0.39 is 5.82 Å². The van der Waals surface area contributed by atoms with Gasteiger partial charge in [-0.05, 0) is 47.9 Å². The summed E-state index contributed by atoms with van der Waals surface area (Å²) in [5.41, 5.74) is 0.383. The van der Waals surface area contributed by atoms with Crippen LogP contribution in [0, 0.1) is 22.3 Å². The van der Waals surface area contributed by atoms with Crippen molar-refractivity contribution < 1.29 is 8.78 Å². The summed E-state index contributed by atoms with van der Waals surface area (Å²) in [5, 5.41) is 10.3. The molecule has 0 N–H and O–H groups in total. The molecule has 0 aliphatic carbocycles. The Morgan fingerprint density at radius 3 is 2.87 bits per heavy atom. The van der Waals surface area contributed by atoms with Gasteiger partial charge in [0.2, 0.25) is 0 Å². The predicted octanol–water partition coefficient (Wildman–Crippen LogP) is 3.67. The van der Waals surface area contributed by atoms with Crippen LogP contribution >= 0.6 is 11.8 Å². The van der Waals surface area contributed by atoms with E-state index in [1.165, 1.54) is 6.07 Å². The topological polar surface area (TPSA) is 23.8 Å². The molecule has 0 aliphatic heterocycles. The van der Waals surface area contributed by atoms with Gasteiger partial charge in [-0.2, -0.15) is 5.26 Å². The van der Waals surface area contributed by atoms with Crippen LogP contribution in [-0.2, 0) is 0 Å². The lowest BCUT2D eigenvalue weighted by Crippen LogP contribution is -1.99. The van der Waals surface area contributed by atoms with Crippen molar-refractivity contribution in [2.75, 3.05) is 5.75 Å². The summed E-state index contributed by atoms with van der Waals surface area (Å²) in [7, 11) is 0. The van der Waals surface area contributed by atoms with Crippen molar-refractivity contribution in [1.29, 1.82) is 5.26 Å². The molecule has 1 atom stereocenters. The Bertz CT molecular complexity index is 373. The number of thioether (sulfide) groups is 1. The van der Waals surface area contributed by atoms with Crippen LogP contribution in [0.5, 0.6) is 0 Å². The van der Waals surface area contributed by atoms with Gasteiger partial charge in [0.05, 0.1) is 0 Å². The van der Waals surface area contributed by atoms with Gasteiger partial charge in [0, 0.05) is 5.75 Å². The first-order valence-electron chi connectivity index (χ1n) is 4.61. The van der Waals surface area contributed by atoms with Crippen molar-refractivity contribution in [3.8, 4) is 5.40 Å². The van der Waals surface area contributed by atoms with Crippen LogP contribution in [0.25, 0.3) is 0 Å². The molecule has 0 saturated carbocycles. The molecule has 15 heavy (non-hydrogen) atoms. The maximum Gasteiger partial charge on any atom is 0.133 e. The Balaban J connectivity index is 2.69. The number of hydrogen-bond acceptors (Lipinski definition) is 2. The summed E-state index contributed by atoms with van der Waals surface area (Å²) in [4.78, 5) is 0. The molecule has 1 nitrogen and oxygen atoms in total. The van der Waals surface area contributed by atoms with Gasteiger partial charge in [0.15, 0.2) is 0 Å². The first-order chi connectivity index (χ1) is 7.15. The van der Waals surface area contributed by atoms with Gasteiger partial charge < -0.3 is 0 Å². The van der Waals surface area contributed by atoms with Crippen LogP contribution in [0.1, 0.15) is 24.8 Å². The second-order valence-electron chi connectivity index (χ2n) is 3.30. The van der Waals surface area contributed by atoms with Gasteiger partial charge in [-0.1, -0.05) is 6.92 Å². The molecule has 80 valence electrons. The first-order valence-corrected chi connectivity index (χ1v) is 5.59. The van der Waals surface area contributed by atoms with E-state index in [1.54, 1.807) is 0 Å². The van der Waals surface area contributed by atoms with E-state index in [0.29, 0.717) is 17.7 Å². The maximum absolute atomic E-state index is 13.3. The van der Waals surface area contributed by atoms with Crippen LogP contribution < -0.4 is 0 Å². The number of nitrogens with zero attached hydrogens (tertiary/aromatic N) is 1. The molecule has 0 radical (unpaired) electrons. The molecule has 1 rings (SSSR count). The molecule has 1 aromatic rings. The minimum atomic E-state index is -0.425. The number of hydrogen-bond donors (Lipinski definition) is 0. The SMILES string of the molecule is CC(CCSC#N)c1cc(F)ccc1F. The summed E-state index contributed by atoms with van der Waals surface area (Å²) in [6.07, 6.45) is 0.665. The minimum absolute atomic E-state index is 0.0680. The summed E-state index contributed by atoms with van der Waals surface area (Å²) in [6, 6.07) is 3.46. The number of nitriles is 1. The third-order valence-corrected chi connectivity index (χ3v) is 2.78. The van der Waals surface area contributed by atoms with Gasteiger partial charge in [-0.3, -0.25) is 0 Å². The predicted molar refractivity (Wildman–Crippen MR) is 57.5 cm³/mol. The summed E-state index contributed by atoms with van der Waals surface area (Å²) >= 11 is 1.13. The van der Waals surface area contributed by atoms with Gasteiger partial charge in [0.25, 0.3) is 0 Å². The highest BCUT2D eigenvalue weighted by atomic mass is 32.2.